The molecule has 0 saturated heterocycles. The van der Waals surface area contributed by atoms with Crippen LogP contribution in [0.25, 0.3) is 0 Å². The van der Waals surface area contributed by atoms with Gasteiger partial charge in [-0.05, 0) is 74.9 Å². The Morgan fingerprint density at radius 1 is 1.08 bits per heavy atom. The molecule has 9 nitrogen and oxygen atoms in total. The van der Waals surface area contributed by atoms with E-state index in [1.165, 1.54) is 17.2 Å². The summed E-state index contributed by atoms with van der Waals surface area (Å²) in [5.74, 6) is 0.474. The van der Waals surface area contributed by atoms with Gasteiger partial charge in [0.15, 0.2) is 0 Å². The van der Waals surface area contributed by atoms with Crippen molar-refractivity contribution >= 4 is 17.6 Å². The third kappa shape index (κ3) is 5.76. The molecule has 3 aromatic rings. The van der Waals surface area contributed by atoms with Gasteiger partial charge in [0, 0.05) is 12.2 Å². The van der Waals surface area contributed by atoms with Crippen molar-refractivity contribution in [1.82, 2.24) is 14.1 Å². The lowest BCUT2D eigenvalue weighted by Gasteiger charge is -2.19. The summed E-state index contributed by atoms with van der Waals surface area (Å²) in [5.41, 5.74) is 1.56. The maximum absolute atomic E-state index is 13.7. The van der Waals surface area contributed by atoms with Crippen LogP contribution in [0.5, 0.6) is 5.75 Å². The molecule has 9 heteroatoms. The lowest BCUT2D eigenvalue weighted by atomic mass is 10.1. The van der Waals surface area contributed by atoms with Crippen LogP contribution in [0.1, 0.15) is 50.3 Å². The molecule has 1 saturated carbocycles. The molecule has 0 spiro atoms. The number of nitrogens with one attached hydrogen (secondary N) is 1. The van der Waals surface area contributed by atoms with E-state index in [2.05, 4.69) is 17.2 Å². The van der Waals surface area contributed by atoms with Crippen LogP contribution in [0.15, 0.2) is 52.1 Å². The van der Waals surface area contributed by atoms with Crippen LogP contribution in [0.3, 0.4) is 0 Å². The van der Waals surface area contributed by atoms with Crippen molar-refractivity contribution in [2.45, 2.75) is 66.2 Å². The van der Waals surface area contributed by atoms with Crippen LogP contribution in [-0.4, -0.2) is 33.3 Å². The molecular formula is C28H34N4O5. The van der Waals surface area contributed by atoms with Gasteiger partial charge in [-0.3, -0.25) is 9.36 Å². The number of hydrogen-bond donors (Lipinski definition) is 1. The molecule has 1 aliphatic carbocycles. The summed E-state index contributed by atoms with van der Waals surface area (Å²) in [4.78, 5) is 43.2. The maximum Gasteiger partial charge on any atom is 0.354 e. The third-order valence-corrected chi connectivity index (χ3v) is 6.65. The lowest BCUT2D eigenvalue weighted by Crippen LogP contribution is -2.45. The molecule has 0 radical (unpaired) electrons. The molecule has 37 heavy (non-hydrogen) atoms. The van der Waals surface area contributed by atoms with E-state index in [0.717, 1.165) is 27.9 Å². The minimum atomic E-state index is -0.849. The number of hydrogen-bond acceptors (Lipinski definition) is 7. The Morgan fingerprint density at radius 3 is 2.32 bits per heavy atom. The second kappa shape index (κ2) is 10.6. The summed E-state index contributed by atoms with van der Waals surface area (Å²) in [6, 6.07) is 13.5. The number of carbonyl (C=O) groups is 1. The van der Waals surface area contributed by atoms with Gasteiger partial charge in [-0.25, -0.2) is 14.2 Å². The smallest absolute Gasteiger partial charge is 0.354 e. The monoisotopic (exact) mass is 506 g/mol. The fourth-order valence-electron chi connectivity index (χ4n) is 4.30. The number of benzene rings is 2. The highest BCUT2D eigenvalue weighted by Crippen LogP contribution is 2.47. The number of methoxy groups -OCH3 is 1. The number of anilines is 2. The highest BCUT2D eigenvalue weighted by atomic mass is 16.5. The zero-order valence-electron chi connectivity index (χ0n) is 22.0. The predicted molar refractivity (Wildman–Crippen MR) is 142 cm³/mol. The fourth-order valence-corrected chi connectivity index (χ4v) is 4.30. The van der Waals surface area contributed by atoms with Crippen LogP contribution in [0.2, 0.25) is 0 Å². The van der Waals surface area contributed by atoms with Crippen LogP contribution in [0, 0.1) is 12.3 Å². The van der Waals surface area contributed by atoms with Gasteiger partial charge in [0.05, 0.1) is 25.2 Å². The van der Waals surface area contributed by atoms with E-state index in [1.54, 1.807) is 0 Å². The Labute approximate surface area is 216 Å². The number of esters is 1. The quantitative estimate of drug-likeness (QED) is 0.417. The number of rotatable bonds is 10. The van der Waals surface area contributed by atoms with E-state index in [0.29, 0.717) is 18.5 Å². The summed E-state index contributed by atoms with van der Waals surface area (Å²) < 4.78 is 13.2. The second-order valence-electron chi connectivity index (χ2n) is 9.89. The highest BCUT2D eigenvalue weighted by molar-refractivity contribution is 5.79. The molecule has 4 rings (SSSR count). The van der Waals surface area contributed by atoms with E-state index in [1.807, 2.05) is 63.2 Å². The lowest BCUT2D eigenvalue weighted by molar-refractivity contribution is -0.147. The van der Waals surface area contributed by atoms with Gasteiger partial charge in [-0.1, -0.05) is 31.2 Å². The molecule has 0 atom stereocenters. The fraction of sp³-hybridized carbons (Fsp3) is 0.429. The molecule has 0 aliphatic heterocycles. The zero-order chi connectivity index (χ0) is 26.7. The summed E-state index contributed by atoms with van der Waals surface area (Å²) in [6.07, 6.45) is 2.07. The Balaban J connectivity index is 1.74. The minimum absolute atomic E-state index is 0.0378. The van der Waals surface area contributed by atoms with E-state index >= 15 is 0 Å². The first-order valence-corrected chi connectivity index (χ1v) is 12.6. The van der Waals surface area contributed by atoms with Gasteiger partial charge in [-0.2, -0.15) is 4.98 Å². The molecule has 1 heterocycles. The Bertz CT molecular complexity index is 1400. The van der Waals surface area contributed by atoms with Crippen molar-refractivity contribution in [3.63, 3.8) is 0 Å². The predicted octanol–water partition coefficient (Wildman–Crippen LogP) is 3.81. The van der Waals surface area contributed by atoms with Crippen molar-refractivity contribution < 1.29 is 14.3 Å². The van der Waals surface area contributed by atoms with Gasteiger partial charge in [-0.15, -0.1) is 0 Å². The van der Waals surface area contributed by atoms with E-state index in [-0.39, 0.29) is 25.1 Å². The van der Waals surface area contributed by atoms with Crippen LogP contribution in [0.4, 0.5) is 11.6 Å². The number of carbonyl (C=O) groups excluding carboxylic acids is 1. The molecular weight excluding hydrogens is 472 g/mol. The van der Waals surface area contributed by atoms with E-state index in [9.17, 15) is 14.4 Å². The number of aryl methyl sites for hydroxylation is 2. The first-order valence-electron chi connectivity index (χ1n) is 12.6. The molecule has 2 aromatic carbocycles. The van der Waals surface area contributed by atoms with E-state index < -0.39 is 22.8 Å². The molecule has 196 valence electrons. The van der Waals surface area contributed by atoms with Crippen molar-refractivity contribution in [1.29, 1.82) is 0 Å². The average molecular weight is 507 g/mol. The average Bonchev–Trinajstić information content (AvgIpc) is 3.66. The van der Waals surface area contributed by atoms with Crippen molar-refractivity contribution in [2.24, 2.45) is 5.41 Å². The number of nitrogens with zero attached hydrogens (tertiary/aromatic N) is 3. The van der Waals surface area contributed by atoms with Gasteiger partial charge >= 0.3 is 17.3 Å². The van der Waals surface area contributed by atoms with Crippen LogP contribution in [-0.2, 0) is 29.0 Å². The standard InChI is InChI=1S/C28H34N4O5/c1-6-20-7-9-21(10-8-20)16-31-25(29-22-11-12-23(19(4)15-22)37-18(2)3)30-26(34)32(27(31)35)17-28(13-14-28)24(33)36-5/h7-12,15,18H,6,13-14,16-17H2,1-5H3,(H,29,30,34). The van der Waals surface area contributed by atoms with Gasteiger partial charge in [0.25, 0.3) is 0 Å². The molecule has 1 fully saturated rings. The third-order valence-electron chi connectivity index (χ3n) is 6.65. The summed E-state index contributed by atoms with van der Waals surface area (Å²) >= 11 is 0. The molecule has 0 bridgehead atoms. The second-order valence-corrected chi connectivity index (χ2v) is 9.89. The maximum atomic E-state index is 13.7. The molecule has 1 N–H and O–H groups in total. The first-order chi connectivity index (χ1) is 17.7. The van der Waals surface area contributed by atoms with Crippen molar-refractivity contribution in [2.75, 3.05) is 12.4 Å². The Morgan fingerprint density at radius 2 is 1.76 bits per heavy atom. The first kappa shape index (κ1) is 26.2. The normalized spacial score (nSPS) is 13.9. The molecule has 0 unspecified atom stereocenters. The summed E-state index contributed by atoms with van der Waals surface area (Å²) in [6.45, 7) is 8.08. The number of aromatic nitrogens is 3. The van der Waals surface area contributed by atoms with E-state index in [4.69, 9.17) is 9.47 Å². The van der Waals surface area contributed by atoms with Crippen LogP contribution < -0.4 is 21.4 Å². The molecule has 0 amide bonds. The topological polar surface area (TPSA) is 104 Å². The van der Waals surface area contributed by atoms with Gasteiger partial charge in [0.2, 0.25) is 5.95 Å². The van der Waals surface area contributed by atoms with Gasteiger partial charge < -0.3 is 14.8 Å². The molecule has 1 aliphatic rings. The zero-order valence-corrected chi connectivity index (χ0v) is 22.0. The minimum Gasteiger partial charge on any atom is -0.491 e. The Hall–Kier alpha value is -3.88. The van der Waals surface area contributed by atoms with Gasteiger partial charge in [0.1, 0.15) is 5.75 Å². The summed E-state index contributed by atoms with van der Waals surface area (Å²) in [7, 11) is 1.31. The summed E-state index contributed by atoms with van der Waals surface area (Å²) in [5, 5.41) is 3.15. The largest absolute Gasteiger partial charge is 0.491 e. The highest BCUT2D eigenvalue weighted by Gasteiger charge is 2.52. The number of ether oxygens (including phenoxy) is 2. The SMILES string of the molecule is CCc1ccc(Cn2c(Nc3ccc(OC(C)C)c(C)c3)nc(=O)n(CC3(C(=O)OC)CC3)c2=O)cc1. The van der Waals surface area contributed by atoms with Crippen molar-refractivity contribution in [3.8, 4) is 5.75 Å². The van der Waals surface area contributed by atoms with Crippen LogP contribution >= 0.6 is 0 Å². The van der Waals surface area contributed by atoms with Crippen molar-refractivity contribution in [3.05, 3.63) is 80.1 Å². The Kier molecular flexibility index (Phi) is 7.52. The molecule has 1 aromatic heterocycles.